The van der Waals surface area contributed by atoms with E-state index in [2.05, 4.69) is 33.2 Å². The zero-order valence-corrected chi connectivity index (χ0v) is 46.3. The predicted octanol–water partition coefficient (Wildman–Crippen LogP) is -15.5. The molecule has 0 aromatic rings. The van der Waals surface area contributed by atoms with Crippen LogP contribution in [-0.2, 0) is 42.7 Å². The van der Waals surface area contributed by atoms with Gasteiger partial charge in [0.15, 0.2) is 44.0 Å². The molecule has 0 radical (unpaired) electrons. The molecular formula is C45H88O37S. The summed E-state index contributed by atoms with van der Waals surface area (Å²) < 4.78 is 37.5. The maximum Gasteiger partial charge on any atom is 0.293 e. The monoisotopic (exact) mass is 1250 g/mol. The van der Waals surface area contributed by atoms with Crippen LogP contribution in [0.1, 0.15) is 41.5 Å². The van der Waals surface area contributed by atoms with Crippen LogP contribution in [0.3, 0.4) is 0 Å². The Labute approximate surface area is 477 Å². The highest BCUT2D eigenvalue weighted by Gasteiger charge is 2.46. The molecule has 7 saturated heterocycles. The first-order valence-corrected chi connectivity index (χ1v) is 26.7. The molecular weight excluding hydrogens is 1160 g/mol. The van der Waals surface area contributed by atoms with Crippen molar-refractivity contribution in [3.8, 4) is 0 Å². The lowest BCUT2D eigenvalue weighted by atomic mass is 10.0. The van der Waals surface area contributed by atoms with Crippen LogP contribution in [0, 0.1) is 0 Å². The number of carbonyl (C=O) groups excluding carboxylic acids is 1. The molecule has 0 bridgehead atoms. The SMILES string of the molecule is CC1OC(O)C(O)C(O)C1O.CC1OC(O)C(O)C(O)C1O.CC1OC(O)C(O)C(O)C1O.CC1OC(O)C(O)C(O)C1O.CC1OC(O)C(O)C(O)C1O.CC1OC(O)C(O)C(O)C1O.O=COCCSCC1OC(O)C(O)C(O)C1O. The maximum atomic E-state index is 9.85. The van der Waals surface area contributed by atoms with E-state index in [-0.39, 0.29) is 6.61 Å². The summed E-state index contributed by atoms with van der Waals surface area (Å²) in [5.74, 6) is 0.824. The third-order valence-electron chi connectivity index (χ3n) is 13.3. The fraction of sp³-hybridized carbons (Fsp3) is 0.978. The summed E-state index contributed by atoms with van der Waals surface area (Å²) >= 11 is 1.34. The molecule has 0 aromatic carbocycles. The number of hydrogen-bond donors (Lipinski definition) is 28. The second kappa shape index (κ2) is 37.4. The van der Waals surface area contributed by atoms with Gasteiger partial charge in [0.2, 0.25) is 0 Å². The van der Waals surface area contributed by atoms with Gasteiger partial charge in [-0.15, -0.1) is 0 Å². The minimum absolute atomic E-state index is 0.241. The van der Waals surface area contributed by atoms with Gasteiger partial charge in [0.25, 0.3) is 6.47 Å². The van der Waals surface area contributed by atoms with Gasteiger partial charge in [-0.1, -0.05) is 0 Å². The lowest BCUT2D eigenvalue weighted by molar-refractivity contribution is -0.277. The third kappa shape index (κ3) is 23.4. The third-order valence-corrected chi connectivity index (χ3v) is 14.4. The Morgan fingerprint density at radius 1 is 0.277 bits per heavy atom. The highest BCUT2D eigenvalue weighted by Crippen LogP contribution is 2.25. The first-order chi connectivity index (χ1) is 38.3. The zero-order valence-electron chi connectivity index (χ0n) is 45.5. The summed E-state index contributed by atoms with van der Waals surface area (Å²) in [7, 11) is 0. The summed E-state index contributed by atoms with van der Waals surface area (Å²) in [5.41, 5.74) is 0. The van der Waals surface area contributed by atoms with E-state index in [1.165, 1.54) is 53.3 Å². The van der Waals surface area contributed by atoms with E-state index in [0.717, 1.165) is 0 Å². The van der Waals surface area contributed by atoms with Gasteiger partial charge in [-0.2, -0.15) is 11.8 Å². The van der Waals surface area contributed by atoms with E-state index >= 15 is 0 Å². The van der Waals surface area contributed by atoms with Gasteiger partial charge in [-0.05, 0) is 41.5 Å². The average Bonchev–Trinajstić information content (AvgIpc) is 3.44. The van der Waals surface area contributed by atoms with Crippen LogP contribution in [0.2, 0.25) is 0 Å². The fourth-order valence-corrected chi connectivity index (χ4v) is 8.49. The normalized spacial score (nSPS) is 49.6. The molecule has 37 nitrogen and oxygen atoms in total. The van der Waals surface area contributed by atoms with Gasteiger partial charge in [-0.25, -0.2) is 0 Å². The standard InChI is InChI=1S/C9H16O7S.6C6H12O5/c10-4-15-1-2-17-3-5-6(11)7(12)8(13)9(14)16-5;6*1-2-3(7)4(8)5(9)6(10)11-2/h4-9,11-14H,1-3H2;6*2-10H,1H3. The van der Waals surface area contributed by atoms with Gasteiger partial charge < -0.3 is 181 Å². The molecule has 38 heteroatoms. The molecule has 496 valence electrons. The number of hydrogen-bond acceptors (Lipinski definition) is 38. The second-order valence-electron chi connectivity index (χ2n) is 19.8. The van der Waals surface area contributed by atoms with Crippen molar-refractivity contribution in [3.05, 3.63) is 0 Å². The number of aliphatic hydroxyl groups is 28. The highest BCUT2D eigenvalue weighted by atomic mass is 32.2. The lowest BCUT2D eigenvalue weighted by Crippen LogP contribution is -2.58. The Morgan fingerprint density at radius 3 is 0.651 bits per heavy atom. The minimum atomic E-state index is -1.51. The quantitative estimate of drug-likeness (QED) is 0.0867. The van der Waals surface area contributed by atoms with Crippen molar-refractivity contribution in [1.82, 2.24) is 0 Å². The second-order valence-corrected chi connectivity index (χ2v) is 20.9. The zero-order chi connectivity index (χ0) is 64.4. The van der Waals surface area contributed by atoms with E-state index in [1.54, 1.807) is 0 Å². The van der Waals surface area contributed by atoms with Gasteiger partial charge in [0, 0.05) is 11.5 Å². The maximum absolute atomic E-state index is 9.85. The Balaban J connectivity index is 0.000000487. The minimum Gasteiger partial charge on any atom is -0.467 e. The summed E-state index contributed by atoms with van der Waals surface area (Å²) in [6.07, 6.45) is -42.4. The van der Waals surface area contributed by atoms with Crippen molar-refractivity contribution >= 4 is 18.2 Å². The van der Waals surface area contributed by atoms with E-state index in [1.807, 2.05) is 0 Å². The molecule has 35 atom stereocenters. The van der Waals surface area contributed by atoms with Crippen LogP contribution in [0.25, 0.3) is 0 Å². The molecule has 0 spiro atoms. The molecule has 7 rings (SSSR count). The Morgan fingerprint density at radius 2 is 0.458 bits per heavy atom. The largest absolute Gasteiger partial charge is 0.467 e. The molecule has 7 aliphatic rings. The molecule has 0 aliphatic carbocycles. The molecule has 0 saturated carbocycles. The van der Waals surface area contributed by atoms with Gasteiger partial charge in [0.05, 0.1) is 42.7 Å². The number of thioether (sulfide) groups is 1. The molecule has 28 N–H and O–H groups in total. The summed E-state index contributed by atoms with van der Waals surface area (Å²) in [6, 6.07) is 0. The van der Waals surface area contributed by atoms with E-state index in [0.29, 0.717) is 18.0 Å². The number of ether oxygens (including phenoxy) is 8. The first-order valence-electron chi connectivity index (χ1n) is 25.6. The van der Waals surface area contributed by atoms with E-state index < -0.39 is 215 Å². The van der Waals surface area contributed by atoms with Crippen molar-refractivity contribution in [2.75, 3.05) is 18.1 Å². The number of aliphatic hydroxyl groups excluding tert-OH is 28. The summed E-state index contributed by atoms with van der Waals surface area (Å²) in [4.78, 5) is 9.85. The molecule has 0 amide bonds. The Kier molecular flexibility index (Phi) is 35.8. The Hall–Kier alpha value is -1.58. The fourth-order valence-electron chi connectivity index (χ4n) is 7.60. The van der Waals surface area contributed by atoms with E-state index in [4.69, 9.17) is 127 Å². The topological polar surface area (TPSA) is 657 Å². The van der Waals surface area contributed by atoms with Crippen molar-refractivity contribution in [2.24, 2.45) is 0 Å². The first kappa shape index (κ1) is 79.4. The highest BCUT2D eigenvalue weighted by molar-refractivity contribution is 7.99. The number of rotatable bonds is 6. The lowest BCUT2D eigenvalue weighted by Gasteiger charge is -2.38. The van der Waals surface area contributed by atoms with Crippen molar-refractivity contribution in [2.45, 2.75) is 256 Å². The van der Waals surface area contributed by atoms with Crippen LogP contribution in [0.5, 0.6) is 0 Å². The van der Waals surface area contributed by atoms with Crippen LogP contribution < -0.4 is 0 Å². The van der Waals surface area contributed by atoms with Crippen molar-refractivity contribution < 1.29 is 186 Å². The van der Waals surface area contributed by atoms with Crippen molar-refractivity contribution in [3.63, 3.8) is 0 Å². The van der Waals surface area contributed by atoms with Crippen LogP contribution in [0.15, 0.2) is 0 Å². The van der Waals surface area contributed by atoms with Crippen LogP contribution in [0.4, 0.5) is 0 Å². The van der Waals surface area contributed by atoms with Crippen LogP contribution in [-0.4, -0.2) is 383 Å². The van der Waals surface area contributed by atoms with Gasteiger partial charge in [0.1, 0.15) is 135 Å². The smallest absolute Gasteiger partial charge is 0.293 e. The molecule has 35 unspecified atom stereocenters. The predicted molar refractivity (Wildman–Crippen MR) is 266 cm³/mol. The van der Waals surface area contributed by atoms with Crippen molar-refractivity contribution in [1.29, 1.82) is 0 Å². The molecule has 7 heterocycles. The molecule has 7 aliphatic heterocycles. The van der Waals surface area contributed by atoms with Gasteiger partial charge >= 0.3 is 0 Å². The summed E-state index contributed by atoms with van der Waals surface area (Å²) in [6.45, 7) is 9.60. The van der Waals surface area contributed by atoms with Crippen LogP contribution >= 0.6 is 11.8 Å². The molecule has 0 aromatic heterocycles. The average molecular weight is 1250 g/mol. The van der Waals surface area contributed by atoms with Gasteiger partial charge in [-0.3, -0.25) is 4.79 Å². The van der Waals surface area contributed by atoms with E-state index in [9.17, 15) is 25.2 Å². The molecule has 7 fully saturated rings. The summed E-state index contributed by atoms with van der Waals surface area (Å²) in [5, 5.41) is 253. The molecule has 83 heavy (non-hydrogen) atoms. The Bertz CT molecular complexity index is 1410. The number of carbonyl (C=O) groups is 1.